The highest BCUT2D eigenvalue weighted by molar-refractivity contribution is 7.99. The molecule has 1 aromatic carbocycles. The fourth-order valence-corrected chi connectivity index (χ4v) is 4.13. The van der Waals surface area contributed by atoms with E-state index in [-0.39, 0.29) is 0 Å². The van der Waals surface area contributed by atoms with E-state index in [0.29, 0.717) is 6.04 Å². The van der Waals surface area contributed by atoms with Crippen molar-refractivity contribution in [2.75, 3.05) is 18.6 Å². The van der Waals surface area contributed by atoms with Crippen LogP contribution in [0.4, 0.5) is 0 Å². The highest BCUT2D eigenvalue weighted by Gasteiger charge is 2.19. The molecule has 0 spiro atoms. The third kappa shape index (κ3) is 4.40. The molecule has 112 valence electrons. The summed E-state index contributed by atoms with van der Waals surface area (Å²) in [6, 6.07) is 6.68. The molecule has 1 aliphatic rings. The molecule has 1 heterocycles. The minimum Gasteiger partial charge on any atom is -0.496 e. The molecule has 1 aromatic rings. The van der Waals surface area contributed by atoms with Crippen LogP contribution in [0.15, 0.2) is 18.2 Å². The van der Waals surface area contributed by atoms with Crippen LogP contribution in [-0.4, -0.2) is 24.7 Å². The van der Waals surface area contributed by atoms with Crippen LogP contribution < -0.4 is 16.0 Å². The van der Waals surface area contributed by atoms with Crippen LogP contribution in [0.3, 0.4) is 0 Å². The van der Waals surface area contributed by atoms with Crippen LogP contribution in [0.1, 0.15) is 30.4 Å². The van der Waals surface area contributed by atoms with Gasteiger partial charge in [-0.15, -0.1) is 0 Å². The summed E-state index contributed by atoms with van der Waals surface area (Å²) in [5.41, 5.74) is 5.53. The molecule has 20 heavy (non-hydrogen) atoms. The molecule has 1 fully saturated rings. The molecule has 0 amide bonds. The average Bonchev–Trinajstić information content (AvgIpc) is 2.48. The molecule has 1 aliphatic heterocycles. The van der Waals surface area contributed by atoms with Crippen LogP contribution in [0, 0.1) is 12.8 Å². The molecule has 0 bridgehead atoms. The zero-order valence-electron chi connectivity index (χ0n) is 12.5. The molecule has 1 unspecified atom stereocenters. The zero-order chi connectivity index (χ0) is 14.4. The Hall–Kier alpha value is -0.710. The van der Waals surface area contributed by atoms with Crippen molar-refractivity contribution < 1.29 is 4.74 Å². The van der Waals surface area contributed by atoms with Crippen molar-refractivity contribution >= 4 is 11.8 Å². The number of aryl methyl sites for hydroxylation is 1. The van der Waals surface area contributed by atoms with Gasteiger partial charge in [0.25, 0.3) is 0 Å². The first-order chi connectivity index (χ1) is 9.72. The smallest absolute Gasteiger partial charge is 0.122 e. The van der Waals surface area contributed by atoms with Crippen LogP contribution in [-0.2, 0) is 6.42 Å². The van der Waals surface area contributed by atoms with Gasteiger partial charge in [0, 0.05) is 6.04 Å². The number of thioether (sulfide) groups is 1. The van der Waals surface area contributed by atoms with Crippen molar-refractivity contribution in [3.63, 3.8) is 0 Å². The molecule has 1 saturated heterocycles. The summed E-state index contributed by atoms with van der Waals surface area (Å²) in [5, 5.41) is 0. The van der Waals surface area contributed by atoms with Crippen LogP contribution >= 0.6 is 11.8 Å². The Morgan fingerprint density at radius 2 is 2.15 bits per heavy atom. The standard InChI is InChI=1S/C16H26N2OS/c1-12-3-4-16(19-2)14(9-12)11-15(18-17)10-13-5-7-20-8-6-13/h3-4,9,13,15,18H,5-8,10-11,17H2,1-2H3. The maximum absolute atomic E-state index is 5.77. The summed E-state index contributed by atoms with van der Waals surface area (Å²) in [6.45, 7) is 2.12. The van der Waals surface area contributed by atoms with Crippen LogP contribution in [0.25, 0.3) is 0 Å². The van der Waals surface area contributed by atoms with Crippen LogP contribution in [0.5, 0.6) is 5.75 Å². The van der Waals surface area contributed by atoms with Gasteiger partial charge in [0.2, 0.25) is 0 Å². The van der Waals surface area contributed by atoms with Crippen molar-refractivity contribution in [3.8, 4) is 5.75 Å². The number of ether oxygens (including phenoxy) is 1. The number of hydrogen-bond acceptors (Lipinski definition) is 4. The van der Waals surface area contributed by atoms with Gasteiger partial charge in [0.1, 0.15) is 5.75 Å². The maximum Gasteiger partial charge on any atom is 0.122 e. The van der Waals surface area contributed by atoms with Gasteiger partial charge < -0.3 is 4.74 Å². The van der Waals surface area contributed by atoms with E-state index in [1.165, 1.54) is 35.5 Å². The van der Waals surface area contributed by atoms with Crippen molar-refractivity contribution in [1.82, 2.24) is 5.43 Å². The minimum absolute atomic E-state index is 0.332. The zero-order valence-corrected chi connectivity index (χ0v) is 13.3. The Kier molecular flexibility index (Phi) is 6.20. The first-order valence-electron chi connectivity index (χ1n) is 7.40. The van der Waals surface area contributed by atoms with Gasteiger partial charge >= 0.3 is 0 Å². The molecule has 0 aromatic heterocycles. The molecular weight excluding hydrogens is 268 g/mol. The lowest BCUT2D eigenvalue weighted by Gasteiger charge is -2.26. The molecule has 3 nitrogen and oxygen atoms in total. The predicted octanol–water partition coefficient (Wildman–Crippen LogP) is 2.91. The quantitative estimate of drug-likeness (QED) is 0.625. The highest BCUT2D eigenvalue weighted by Crippen LogP contribution is 2.28. The Morgan fingerprint density at radius 3 is 2.80 bits per heavy atom. The number of nitrogens with two attached hydrogens (primary N) is 1. The number of benzene rings is 1. The summed E-state index contributed by atoms with van der Waals surface area (Å²) >= 11 is 2.07. The van der Waals surface area contributed by atoms with Gasteiger partial charge in [0.15, 0.2) is 0 Å². The lowest BCUT2D eigenvalue weighted by Crippen LogP contribution is -2.38. The Balaban J connectivity index is 1.99. The third-order valence-electron chi connectivity index (χ3n) is 4.10. The summed E-state index contributed by atoms with van der Waals surface area (Å²) in [6.07, 6.45) is 4.75. The van der Waals surface area contributed by atoms with Gasteiger partial charge in [-0.3, -0.25) is 11.3 Å². The first-order valence-corrected chi connectivity index (χ1v) is 8.55. The Labute approximate surface area is 126 Å². The second-order valence-electron chi connectivity index (χ2n) is 5.67. The van der Waals surface area contributed by atoms with Gasteiger partial charge in [-0.2, -0.15) is 11.8 Å². The Morgan fingerprint density at radius 1 is 1.40 bits per heavy atom. The second-order valence-corrected chi connectivity index (χ2v) is 6.90. The van der Waals surface area contributed by atoms with E-state index in [4.69, 9.17) is 10.6 Å². The van der Waals surface area contributed by atoms with Crippen molar-refractivity contribution in [1.29, 1.82) is 0 Å². The van der Waals surface area contributed by atoms with Crippen molar-refractivity contribution in [3.05, 3.63) is 29.3 Å². The van der Waals surface area contributed by atoms with E-state index in [1.54, 1.807) is 7.11 Å². The number of rotatable bonds is 6. The second kappa shape index (κ2) is 7.91. The third-order valence-corrected chi connectivity index (χ3v) is 5.15. The largest absolute Gasteiger partial charge is 0.496 e. The van der Waals surface area contributed by atoms with E-state index in [9.17, 15) is 0 Å². The average molecular weight is 294 g/mol. The SMILES string of the molecule is COc1ccc(C)cc1CC(CC1CCSCC1)NN. The lowest BCUT2D eigenvalue weighted by atomic mass is 9.91. The molecular formula is C16H26N2OS. The molecule has 2 rings (SSSR count). The fourth-order valence-electron chi connectivity index (χ4n) is 2.93. The molecule has 1 atom stereocenters. The number of hydrogen-bond donors (Lipinski definition) is 2. The number of nitrogens with one attached hydrogen (secondary N) is 1. The van der Waals surface area contributed by atoms with Crippen molar-refractivity contribution in [2.45, 2.75) is 38.6 Å². The van der Waals surface area contributed by atoms with Crippen molar-refractivity contribution in [2.24, 2.45) is 11.8 Å². The van der Waals surface area contributed by atoms with Gasteiger partial charge in [0.05, 0.1) is 7.11 Å². The van der Waals surface area contributed by atoms with Gasteiger partial charge in [-0.05, 0) is 61.7 Å². The highest BCUT2D eigenvalue weighted by atomic mass is 32.2. The molecule has 0 radical (unpaired) electrons. The van der Waals surface area contributed by atoms with E-state index in [1.807, 2.05) is 0 Å². The maximum atomic E-state index is 5.77. The van der Waals surface area contributed by atoms with E-state index < -0.39 is 0 Å². The fraction of sp³-hybridized carbons (Fsp3) is 0.625. The topological polar surface area (TPSA) is 47.3 Å². The van der Waals surface area contributed by atoms with Crippen LogP contribution in [0.2, 0.25) is 0 Å². The van der Waals surface area contributed by atoms with Gasteiger partial charge in [-0.25, -0.2) is 0 Å². The first kappa shape index (κ1) is 15.7. The normalized spacial score (nSPS) is 17.9. The summed E-state index contributed by atoms with van der Waals surface area (Å²) < 4.78 is 5.46. The summed E-state index contributed by atoms with van der Waals surface area (Å²) in [4.78, 5) is 0. The Bertz CT molecular complexity index is 419. The lowest BCUT2D eigenvalue weighted by molar-refractivity contribution is 0.359. The van der Waals surface area contributed by atoms with E-state index >= 15 is 0 Å². The predicted molar refractivity (Wildman–Crippen MR) is 87.2 cm³/mol. The molecule has 0 saturated carbocycles. The number of methoxy groups -OCH3 is 1. The summed E-state index contributed by atoms with van der Waals surface area (Å²) in [5.74, 6) is 10.2. The van der Waals surface area contributed by atoms with E-state index in [0.717, 1.165) is 24.5 Å². The summed E-state index contributed by atoms with van der Waals surface area (Å²) in [7, 11) is 1.73. The number of hydrazine groups is 1. The molecule has 4 heteroatoms. The minimum atomic E-state index is 0.332. The molecule has 0 aliphatic carbocycles. The monoisotopic (exact) mass is 294 g/mol. The van der Waals surface area contributed by atoms with Gasteiger partial charge in [-0.1, -0.05) is 17.7 Å². The molecule has 3 N–H and O–H groups in total. The van der Waals surface area contributed by atoms with E-state index in [2.05, 4.69) is 42.3 Å².